The van der Waals surface area contributed by atoms with Crippen LogP contribution in [0, 0.1) is 6.92 Å². The van der Waals surface area contributed by atoms with Crippen molar-refractivity contribution in [1.82, 2.24) is 0 Å². The molecule has 1 atom stereocenters. The molecule has 4 nitrogen and oxygen atoms in total. The summed E-state index contributed by atoms with van der Waals surface area (Å²) in [5.41, 5.74) is 1.97. The summed E-state index contributed by atoms with van der Waals surface area (Å²) in [5.74, 6) is 0.0109. The first-order valence-electron chi connectivity index (χ1n) is 7.73. The van der Waals surface area contributed by atoms with Gasteiger partial charge in [-0.3, -0.25) is 4.79 Å². The monoisotopic (exact) mass is 342 g/mol. The Kier molecular flexibility index (Phi) is 4.53. The number of carbonyl (C=O) groups excluding carboxylic acids is 1. The predicted molar refractivity (Wildman–Crippen MR) is 91.0 cm³/mol. The van der Waals surface area contributed by atoms with Crippen LogP contribution in [0.5, 0.6) is 0 Å². The zero-order valence-corrected chi connectivity index (χ0v) is 14.1. The van der Waals surface area contributed by atoms with Gasteiger partial charge in [-0.2, -0.15) is 8.42 Å². The zero-order valence-electron chi connectivity index (χ0n) is 13.3. The van der Waals surface area contributed by atoms with Crippen molar-refractivity contribution in [3.05, 3.63) is 77.6 Å². The van der Waals surface area contributed by atoms with Crippen LogP contribution < -0.4 is 0 Å². The Labute approximate surface area is 141 Å². The van der Waals surface area contributed by atoms with Gasteiger partial charge in [0, 0.05) is 18.9 Å². The van der Waals surface area contributed by atoms with Crippen molar-refractivity contribution in [2.24, 2.45) is 0 Å². The van der Waals surface area contributed by atoms with Gasteiger partial charge in [0.25, 0.3) is 0 Å². The molecule has 1 unspecified atom stereocenters. The molecule has 0 fully saturated rings. The topological polar surface area (TPSA) is 60.4 Å². The molecule has 5 heteroatoms. The molecule has 24 heavy (non-hydrogen) atoms. The van der Waals surface area contributed by atoms with Gasteiger partial charge in [0.05, 0.1) is 0 Å². The SMILES string of the molecule is Cc1ccc(S(=O)(=O)OC2=CC(=O)CC(c3ccccc3)C2)cc1. The average molecular weight is 342 g/mol. The van der Waals surface area contributed by atoms with E-state index in [1.54, 1.807) is 12.1 Å². The third-order valence-corrected chi connectivity index (χ3v) is 5.30. The van der Waals surface area contributed by atoms with E-state index < -0.39 is 10.1 Å². The summed E-state index contributed by atoms with van der Waals surface area (Å²) in [6.07, 6.45) is 2.05. The Morgan fingerprint density at radius 2 is 1.62 bits per heavy atom. The molecule has 0 amide bonds. The Morgan fingerprint density at radius 1 is 0.958 bits per heavy atom. The maximum absolute atomic E-state index is 12.4. The number of aryl methyl sites for hydroxylation is 1. The van der Waals surface area contributed by atoms with Crippen molar-refractivity contribution in [3.8, 4) is 0 Å². The summed E-state index contributed by atoms with van der Waals surface area (Å²) < 4.78 is 30.0. The molecule has 0 radical (unpaired) electrons. The Balaban J connectivity index is 1.81. The molecule has 0 bridgehead atoms. The second-order valence-electron chi connectivity index (χ2n) is 5.94. The molecule has 3 rings (SSSR count). The van der Waals surface area contributed by atoms with Gasteiger partial charge in [0.2, 0.25) is 0 Å². The normalized spacial score (nSPS) is 18.1. The fourth-order valence-electron chi connectivity index (χ4n) is 2.77. The molecule has 0 aromatic heterocycles. The van der Waals surface area contributed by atoms with Gasteiger partial charge in [-0.25, -0.2) is 0 Å². The fraction of sp³-hybridized carbons (Fsp3) is 0.211. The van der Waals surface area contributed by atoms with Gasteiger partial charge in [-0.1, -0.05) is 48.0 Å². The summed E-state index contributed by atoms with van der Waals surface area (Å²) >= 11 is 0. The number of hydrogen-bond acceptors (Lipinski definition) is 4. The Bertz CT molecular complexity index is 865. The minimum atomic E-state index is -3.93. The summed E-state index contributed by atoms with van der Waals surface area (Å²) in [5, 5.41) is 0. The first-order valence-corrected chi connectivity index (χ1v) is 9.14. The molecule has 1 aliphatic carbocycles. The van der Waals surface area contributed by atoms with Gasteiger partial charge in [-0.15, -0.1) is 0 Å². The third-order valence-electron chi connectivity index (χ3n) is 4.01. The molecular weight excluding hydrogens is 324 g/mol. The number of rotatable bonds is 4. The Morgan fingerprint density at radius 3 is 2.29 bits per heavy atom. The minimum absolute atomic E-state index is 0.0630. The van der Waals surface area contributed by atoms with Crippen molar-refractivity contribution in [2.45, 2.75) is 30.6 Å². The van der Waals surface area contributed by atoms with E-state index in [1.807, 2.05) is 37.3 Å². The molecule has 0 N–H and O–H groups in total. The molecule has 0 heterocycles. The minimum Gasteiger partial charge on any atom is -0.383 e. The van der Waals surface area contributed by atoms with Crippen LogP contribution in [-0.4, -0.2) is 14.2 Å². The van der Waals surface area contributed by atoms with Crippen LogP contribution in [0.3, 0.4) is 0 Å². The second kappa shape index (κ2) is 6.61. The van der Waals surface area contributed by atoms with Crippen LogP contribution in [0.2, 0.25) is 0 Å². The van der Waals surface area contributed by atoms with Gasteiger partial charge in [0.15, 0.2) is 5.78 Å². The lowest BCUT2D eigenvalue weighted by atomic mass is 9.86. The highest BCUT2D eigenvalue weighted by Crippen LogP contribution is 2.33. The van der Waals surface area contributed by atoms with E-state index in [0.717, 1.165) is 11.1 Å². The number of hydrogen-bond donors (Lipinski definition) is 0. The molecule has 1 aliphatic rings. The van der Waals surface area contributed by atoms with Crippen molar-refractivity contribution in [1.29, 1.82) is 0 Å². The summed E-state index contributed by atoms with van der Waals surface area (Å²) in [7, 11) is -3.93. The molecule has 0 saturated heterocycles. The quantitative estimate of drug-likeness (QED) is 0.794. The van der Waals surface area contributed by atoms with E-state index in [4.69, 9.17) is 4.18 Å². The van der Waals surface area contributed by atoms with Crippen LogP contribution in [0.15, 0.2) is 71.3 Å². The molecule has 0 saturated carbocycles. The maximum atomic E-state index is 12.4. The van der Waals surface area contributed by atoms with Gasteiger partial charge < -0.3 is 4.18 Å². The van der Waals surface area contributed by atoms with E-state index in [1.165, 1.54) is 18.2 Å². The maximum Gasteiger partial charge on any atom is 0.338 e. The number of ketones is 1. The van der Waals surface area contributed by atoms with Crippen LogP contribution in [0.1, 0.15) is 29.9 Å². The summed E-state index contributed by atoms with van der Waals surface area (Å²) in [4.78, 5) is 12.1. The molecule has 0 spiro atoms. The van der Waals surface area contributed by atoms with E-state index in [9.17, 15) is 13.2 Å². The van der Waals surface area contributed by atoms with E-state index >= 15 is 0 Å². The highest BCUT2D eigenvalue weighted by atomic mass is 32.2. The molecule has 124 valence electrons. The van der Waals surface area contributed by atoms with Crippen LogP contribution >= 0.6 is 0 Å². The van der Waals surface area contributed by atoms with Crippen molar-refractivity contribution in [3.63, 3.8) is 0 Å². The molecule has 0 aliphatic heterocycles. The zero-order chi connectivity index (χ0) is 17.2. The van der Waals surface area contributed by atoms with Crippen molar-refractivity contribution < 1.29 is 17.4 Å². The first-order chi connectivity index (χ1) is 11.4. The van der Waals surface area contributed by atoms with Crippen LogP contribution in [-0.2, 0) is 19.1 Å². The standard InChI is InChI=1S/C19H18O4S/c1-14-7-9-19(10-8-14)24(21,22)23-18-12-16(11-17(20)13-18)15-5-3-2-4-6-15/h2-10,13,16H,11-12H2,1H3. The second-order valence-corrected chi connectivity index (χ2v) is 7.49. The van der Waals surface area contributed by atoms with E-state index in [2.05, 4.69) is 0 Å². The molecule has 2 aromatic rings. The number of allylic oxidation sites excluding steroid dienone is 2. The lowest BCUT2D eigenvalue weighted by molar-refractivity contribution is -0.115. The lowest BCUT2D eigenvalue weighted by Gasteiger charge is -2.22. The number of benzene rings is 2. The van der Waals surface area contributed by atoms with Gasteiger partial charge in [-0.05, 0) is 30.5 Å². The highest BCUT2D eigenvalue weighted by Gasteiger charge is 2.27. The van der Waals surface area contributed by atoms with Crippen LogP contribution in [0.25, 0.3) is 0 Å². The van der Waals surface area contributed by atoms with Gasteiger partial charge in [0.1, 0.15) is 10.7 Å². The fourth-order valence-corrected chi connectivity index (χ4v) is 3.73. The van der Waals surface area contributed by atoms with Crippen molar-refractivity contribution in [2.75, 3.05) is 0 Å². The molecular formula is C19H18O4S. The van der Waals surface area contributed by atoms with Gasteiger partial charge >= 0.3 is 10.1 Å². The summed E-state index contributed by atoms with van der Waals surface area (Å²) in [6, 6.07) is 16.0. The lowest BCUT2D eigenvalue weighted by Crippen LogP contribution is -2.16. The van der Waals surface area contributed by atoms with E-state index in [-0.39, 0.29) is 22.4 Å². The van der Waals surface area contributed by atoms with Crippen molar-refractivity contribution >= 4 is 15.9 Å². The largest absolute Gasteiger partial charge is 0.383 e. The van der Waals surface area contributed by atoms with Crippen LogP contribution in [0.4, 0.5) is 0 Å². The predicted octanol–water partition coefficient (Wildman–Crippen LogP) is 3.73. The Hall–Kier alpha value is -2.40. The summed E-state index contributed by atoms with van der Waals surface area (Å²) in [6.45, 7) is 1.88. The first kappa shape index (κ1) is 16.5. The molecule has 2 aromatic carbocycles. The third kappa shape index (κ3) is 3.74. The average Bonchev–Trinajstić information content (AvgIpc) is 2.55. The highest BCUT2D eigenvalue weighted by molar-refractivity contribution is 7.86. The smallest absolute Gasteiger partial charge is 0.338 e. The van der Waals surface area contributed by atoms with E-state index in [0.29, 0.717) is 12.8 Å². The number of carbonyl (C=O) groups is 1.